The number of fused-ring (bicyclic) bond motifs is 1. The van der Waals surface area contributed by atoms with Crippen molar-refractivity contribution in [3.8, 4) is 11.5 Å². The third-order valence-corrected chi connectivity index (χ3v) is 5.19. The van der Waals surface area contributed by atoms with Gasteiger partial charge in [-0.15, -0.1) is 0 Å². The average molecular weight is 370 g/mol. The monoisotopic (exact) mass is 370 g/mol. The molecule has 0 unspecified atom stereocenters. The molecule has 4 heterocycles. The van der Waals surface area contributed by atoms with Gasteiger partial charge in [-0.05, 0) is 23.8 Å². The predicted octanol–water partition coefficient (Wildman–Crippen LogP) is 2.16. The molecule has 1 aromatic carbocycles. The maximum absolute atomic E-state index is 5.80. The van der Waals surface area contributed by atoms with Gasteiger partial charge in [-0.3, -0.25) is 0 Å². The van der Waals surface area contributed by atoms with Crippen LogP contribution in [0.25, 0.3) is 0 Å². The predicted molar refractivity (Wildman–Crippen MR) is 98.0 cm³/mol. The molecule has 2 aromatic rings. The summed E-state index contributed by atoms with van der Waals surface area (Å²) in [5.74, 6) is 2.73. The van der Waals surface area contributed by atoms with E-state index < -0.39 is 0 Å². The van der Waals surface area contributed by atoms with Crippen molar-refractivity contribution in [3.05, 3.63) is 36.0 Å². The summed E-state index contributed by atoms with van der Waals surface area (Å²) in [4.78, 5) is 11.3. The number of nitrogens with zero attached hydrogens (tertiary/aromatic N) is 3. The first-order chi connectivity index (χ1) is 13.3. The highest BCUT2D eigenvalue weighted by Crippen LogP contribution is 2.33. The number of nitrogens with one attached hydrogen (secondary N) is 1. The number of hydrogen-bond acceptors (Lipinski definition) is 8. The summed E-state index contributed by atoms with van der Waals surface area (Å²) in [6.45, 7) is 4.01. The smallest absolute Gasteiger partial charge is 0.231 e. The summed E-state index contributed by atoms with van der Waals surface area (Å²) in [5.41, 5.74) is 1.09. The minimum absolute atomic E-state index is 0.282. The van der Waals surface area contributed by atoms with E-state index in [9.17, 15) is 0 Å². The van der Waals surface area contributed by atoms with Crippen LogP contribution in [0.1, 0.15) is 18.4 Å². The molecule has 1 spiro atoms. The number of aromatic nitrogens is 2. The summed E-state index contributed by atoms with van der Waals surface area (Å²) in [7, 11) is 0. The molecule has 27 heavy (non-hydrogen) atoms. The molecule has 1 aromatic heterocycles. The number of ether oxygens (including phenoxy) is 4. The van der Waals surface area contributed by atoms with Crippen LogP contribution >= 0.6 is 0 Å². The van der Waals surface area contributed by atoms with Gasteiger partial charge in [-0.1, -0.05) is 6.07 Å². The molecule has 3 aliphatic rings. The zero-order valence-electron chi connectivity index (χ0n) is 15.0. The number of piperidine rings is 1. The lowest BCUT2D eigenvalue weighted by atomic mass is 10.0. The fourth-order valence-corrected chi connectivity index (χ4v) is 3.70. The van der Waals surface area contributed by atoms with Gasteiger partial charge < -0.3 is 29.2 Å². The van der Waals surface area contributed by atoms with Crippen LogP contribution in [0.2, 0.25) is 0 Å². The third-order valence-electron chi connectivity index (χ3n) is 5.19. The van der Waals surface area contributed by atoms with Crippen LogP contribution in [0.3, 0.4) is 0 Å². The Morgan fingerprint density at radius 2 is 1.85 bits per heavy atom. The lowest BCUT2D eigenvalue weighted by Crippen LogP contribution is -2.45. The van der Waals surface area contributed by atoms with E-state index in [4.69, 9.17) is 18.9 Å². The first-order valence-electron chi connectivity index (χ1n) is 9.28. The van der Waals surface area contributed by atoms with Crippen LogP contribution < -0.4 is 19.7 Å². The fraction of sp³-hybridized carbons (Fsp3) is 0.474. The summed E-state index contributed by atoms with van der Waals surface area (Å²) in [5, 5.41) is 3.29. The van der Waals surface area contributed by atoms with E-state index in [-0.39, 0.29) is 12.6 Å². The van der Waals surface area contributed by atoms with Gasteiger partial charge in [0.25, 0.3) is 0 Å². The first-order valence-corrected chi connectivity index (χ1v) is 9.28. The summed E-state index contributed by atoms with van der Waals surface area (Å²) in [6.07, 6.45) is 3.51. The first kappa shape index (κ1) is 16.6. The van der Waals surface area contributed by atoms with Crippen LogP contribution in [0.15, 0.2) is 30.5 Å². The second-order valence-corrected chi connectivity index (χ2v) is 6.87. The molecule has 0 aliphatic carbocycles. The molecule has 3 aliphatic heterocycles. The molecule has 142 valence electrons. The van der Waals surface area contributed by atoms with Crippen molar-refractivity contribution in [2.45, 2.75) is 25.2 Å². The van der Waals surface area contributed by atoms with E-state index in [0.29, 0.717) is 25.7 Å². The Morgan fingerprint density at radius 1 is 1.04 bits per heavy atom. The van der Waals surface area contributed by atoms with Crippen LogP contribution in [-0.2, 0) is 16.0 Å². The Labute approximate surface area is 157 Å². The molecule has 0 saturated carbocycles. The average Bonchev–Trinajstić information content (AvgIpc) is 3.36. The number of benzene rings is 1. The van der Waals surface area contributed by atoms with Gasteiger partial charge in [-0.25, -0.2) is 4.98 Å². The number of anilines is 2. The Morgan fingerprint density at radius 3 is 2.70 bits per heavy atom. The topological polar surface area (TPSA) is 78.0 Å². The maximum Gasteiger partial charge on any atom is 0.231 e. The molecular weight excluding hydrogens is 348 g/mol. The number of rotatable bonds is 4. The highest BCUT2D eigenvalue weighted by molar-refractivity contribution is 5.46. The van der Waals surface area contributed by atoms with Crippen LogP contribution in [0.5, 0.6) is 11.5 Å². The Balaban J connectivity index is 1.22. The number of hydrogen-bond donors (Lipinski definition) is 1. The molecule has 8 heteroatoms. The summed E-state index contributed by atoms with van der Waals surface area (Å²) in [6, 6.07) is 7.86. The van der Waals surface area contributed by atoms with Gasteiger partial charge in [0.1, 0.15) is 5.82 Å². The standard InChI is InChI=1S/C19H22N4O4/c1-2-15-16(25-13-24-15)11-14(1)12-21-18-20-6-3-17(22-18)23-7-4-19(5-8-23)26-9-10-27-19/h1-3,6,11H,4-5,7-10,12-13H2,(H,20,21,22). The van der Waals surface area contributed by atoms with Crippen LogP contribution in [-0.4, -0.2) is 48.9 Å². The molecule has 0 atom stereocenters. The molecule has 0 amide bonds. The van der Waals surface area contributed by atoms with Crippen molar-refractivity contribution < 1.29 is 18.9 Å². The Bertz CT molecular complexity index is 815. The zero-order chi connectivity index (χ0) is 18.1. The zero-order valence-corrected chi connectivity index (χ0v) is 15.0. The van der Waals surface area contributed by atoms with Gasteiger partial charge >= 0.3 is 0 Å². The lowest BCUT2D eigenvalue weighted by molar-refractivity contribution is -0.169. The van der Waals surface area contributed by atoms with Gasteiger partial charge in [0.2, 0.25) is 12.7 Å². The van der Waals surface area contributed by atoms with E-state index in [1.807, 2.05) is 24.3 Å². The van der Waals surface area contributed by atoms with Crippen molar-refractivity contribution >= 4 is 11.8 Å². The van der Waals surface area contributed by atoms with Crippen molar-refractivity contribution in [2.75, 3.05) is 43.3 Å². The van der Waals surface area contributed by atoms with Crippen molar-refractivity contribution in [2.24, 2.45) is 0 Å². The van der Waals surface area contributed by atoms with Crippen LogP contribution in [0, 0.1) is 0 Å². The normalized spacial score (nSPS) is 20.2. The van der Waals surface area contributed by atoms with Crippen molar-refractivity contribution in [1.29, 1.82) is 0 Å². The van der Waals surface area contributed by atoms with Crippen LogP contribution in [0.4, 0.5) is 11.8 Å². The fourth-order valence-electron chi connectivity index (χ4n) is 3.70. The van der Waals surface area contributed by atoms with Gasteiger partial charge in [-0.2, -0.15) is 4.98 Å². The second-order valence-electron chi connectivity index (χ2n) is 6.87. The van der Waals surface area contributed by atoms with E-state index in [1.54, 1.807) is 6.20 Å². The van der Waals surface area contributed by atoms with E-state index in [2.05, 4.69) is 20.2 Å². The SMILES string of the molecule is c1cc(N2CCC3(CC2)OCCO3)nc(NCc2ccc3c(c2)OCO3)n1. The van der Waals surface area contributed by atoms with E-state index >= 15 is 0 Å². The molecule has 8 nitrogen and oxygen atoms in total. The van der Waals surface area contributed by atoms with E-state index in [1.165, 1.54) is 0 Å². The largest absolute Gasteiger partial charge is 0.454 e. The minimum Gasteiger partial charge on any atom is -0.454 e. The molecule has 1 N–H and O–H groups in total. The Kier molecular flexibility index (Phi) is 4.21. The van der Waals surface area contributed by atoms with Crippen molar-refractivity contribution in [3.63, 3.8) is 0 Å². The maximum atomic E-state index is 5.80. The molecule has 0 radical (unpaired) electrons. The molecule has 5 rings (SSSR count). The third kappa shape index (κ3) is 3.38. The lowest BCUT2D eigenvalue weighted by Gasteiger charge is -2.38. The summed E-state index contributed by atoms with van der Waals surface area (Å²) < 4.78 is 22.4. The molecule has 0 bridgehead atoms. The van der Waals surface area contributed by atoms with Gasteiger partial charge in [0.05, 0.1) is 13.2 Å². The molecule has 2 saturated heterocycles. The van der Waals surface area contributed by atoms with E-state index in [0.717, 1.165) is 48.8 Å². The Hall–Kier alpha value is -2.58. The minimum atomic E-state index is -0.371. The van der Waals surface area contributed by atoms with Gasteiger partial charge in [0.15, 0.2) is 17.3 Å². The highest BCUT2D eigenvalue weighted by Gasteiger charge is 2.40. The summed E-state index contributed by atoms with van der Waals surface area (Å²) >= 11 is 0. The quantitative estimate of drug-likeness (QED) is 0.877. The second kappa shape index (κ2) is 6.86. The highest BCUT2D eigenvalue weighted by atomic mass is 16.7. The van der Waals surface area contributed by atoms with Gasteiger partial charge in [0, 0.05) is 38.7 Å². The molecular formula is C19H22N4O4. The van der Waals surface area contributed by atoms with Crippen molar-refractivity contribution in [1.82, 2.24) is 9.97 Å². The molecule has 2 fully saturated rings.